The van der Waals surface area contributed by atoms with Crippen molar-refractivity contribution in [3.8, 4) is 0 Å². The molecule has 0 N–H and O–H groups in total. The lowest BCUT2D eigenvalue weighted by Crippen LogP contribution is -2.72. The van der Waals surface area contributed by atoms with E-state index in [0.29, 0.717) is 0 Å². The molecule has 0 radical (unpaired) electrons. The standard InChI is InChI=1S/C25H56O3Si7/c1-29(2,3)32(10,11)26-35(27-33(12,13)30(4,5)6,28-34(14,15)31(7,8)9)24-20-19-23-25-21-17-16-18-22-25/h16-19,21-23H,20,24H2,1-15H3. The van der Waals surface area contributed by atoms with Gasteiger partial charge in [-0.05, 0) is 51.3 Å². The highest BCUT2D eigenvalue weighted by molar-refractivity contribution is 7.42. The van der Waals surface area contributed by atoms with Crippen LogP contribution < -0.4 is 0 Å². The van der Waals surface area contributed by atoms with Gasteiger partial charge in [0.2, 0.25) is 0 Å². The van der Waals surface area contributed by atoms with Gasteiger partial charge >= 0.3 is 8.80 Å². The van der Waals surface area contributed by atoms with Crippen LogP contribution in [0.2, 0.25) is 104 Å². The van der Waals surface area contributed by atoms with Crippen molar-refractivity contribution in [1.82, 2.24) is 0 Å². The van der Waals surface area contributed by atoms with Crippen LogP contribution in [0.15, 0.2) is 36.4 Å². The third-order valence-electron chi connectivity index (χ3n) is 8.38. The van der Waals surface area contributed by atoms with Crippen LogP contribution in [-0.4, -0.2) is 55.1 Å². The van der Waals surface area contributed by atoms with Crippen LogP contribution in [0.1, 0.15) is 12.0 Å². The number of allylic oxidation sites excluding steroid dienone is 1. The van der Waals surface area contributed by atoms with E-state index < -0.39 is 55.1 Å². The summed E-state index contributed by atoms with van der Waals surface area (Å²) in [6, 6.07) is 11.5. The highest BCUT2D eigenvalue weighted by atomic mass is 29.3. The Balaban J connectivity index is 3.56. The Morgan fingerprint density at radius 1 is 0.543 bits per heavy atom. The zero-order valence-electron chi connectivity index (χ0n) is 25.7. The molecule has 0 fully saturated rings. The fourth-order valence-electron chi connectivity index (χ4n) is 2.88. The first-order valence-electron chi connectivity index (χ1n) is 13.3. The van der Waals surface area contributed by atoms with Gasteiger partial charge in [0.15, 0.2) is 23.5 Å². The van der Waals surface area contributed by atoms with Crippen LogP contribution in [0.4, 0.5) is 0 Å². The zero-order chi connectivity index (χ0) is 27.6. The quantitative estimate of drug-likeness (QED) is 0.212. The van der Waals surface area contributed by atoms with E-state index in [1.165, 1.54) is 5.56 Å². The van der Waals surface area contributed by atoms with Gasteiger partial charge in [0.05, 0.1) is 22.8 Å². The maximum Gasteiger partial charge on any atom is 0.469 e. The summed E-state index contributed by atoms with van der Waals surface area (Å²) in [6.45, 7) is 36.8. The van der Waals surface area contributed by atoms with E-state index in [1.54, 1.807) is 0 Å². The monoisotopic (exact) mass is 600 g/mol. The summed E-state index contributed by atoms with van der Waals surface area (Å²) in [6.07, 6.45) is 5.48. The third-order valence-corrected chi connectivity index (χ3v) is 65.2. The minimum atomic E-state index is -2.93. The Kier molecular flexibility index (Phi) is 11.1. The van der Waals surface area contributed by atoms with E-state index in [9.17, 15) is 0 Å². The van der Waals surface area contributed by atoms with Gasteiger partial charge in [-0.15, -0.1) is 0 Å². The zero-order valence-corrected chi connectivity index (χ0v) is 32.7. The Bertz CT molecular complexity index is 764. The van der Waals surface area contributed by atoms with Crippen molar-refractivity contribution in [2.45, 2.75) is 111 Å². The van der Waals surface area contributed by atoms with E-state index >= 15 is 0 Å². The highest BCUT2D eigenvalue weighted by Crippen LogP contribution is 2.37. The van der Waals surface area contributed by atoms with Gasteiger partial charge in [0, 0.05) is 6.04 Å². The smallest absolute Gasteiger partial charge is 0.419 e. The summed E-state index contributed by atoms with van der Waals surface area (Å²) < 4.78 is 22.4. The Hall–Kier alpha value is 0.358. The maximum absolute atomic E-state index is 7.48. The first-order chi connectivity index (χ1) is 15.4. The molecule has 0 heterocycles. The molecule has 0 unspecified atom stereocenters. The maximum atomic E-state index is 7.48. The molecule has 0 aliphatic heterocycles. The second-order valence-corrected chi connectivity index (χ2v) is 65.8. The number of hydrogen-bond acceptors (Lipinski definition) is 3. The van der Waals surface area contributed by atoms with Crippen molar-refractivity contribution >= 4 is 61.2 Å². The molecular formula is C25H56O3Si7. The minimum Gasteiger partial charge on any atom is -0.419 e. The van der Waals surface area contributed by atoms with E-state index in [4.69, 9.17) is 12.3 Å². The Labute approximate surface area is 225 Å². The first kappa shape index (κ1) is 33.4. The summed E-state index contributed by atoms with van der Waals surface area (Å²) >= 11 is 0. The lowest BCUT2D eigenvalue weighted by Gasteiger charge is -2.51. The molecule has 1 aromatic carbocycles. The normalized spacial score (nSPS) is 15.2. The molecule has 1 rings (SSSR count). The molecule has 35 heavy (non-hydrogen) atoms. The predicted molar refractivity (Wildman–Crippen MR) is 176 cm³/mol. The molecular weight excluding hydrogens is 545 g/mol. The summed E-state index contributed by atoms with van der Waals surface area (Å²) in [5, 5.41) is 0. The average Bonchev–Trinajstić information content (AvgIpc) is 2.62. The van der Waals surface area contributed by atoms with Gasteiger partial charge in [-0.1, -0.05) is 101 Å². The van der Waals surface area contributed by atoms with E-state index in [0.717, 1.165) is 12.5 Å². The van der Waals surface area contributed by atoms with E-state index in [2.05, 4.69) is 141 Å². The molecule has 0 bridgehead atoms. The van der Waals surface area contributed by atoms with E-state index in [-0.39, 0.29) is 0 Å². The molecule has 1 aromatic rings. The van der Waals surface area contributed by atoms with Crippen molar-refractivity contribution in [3.63, 3.8) is 0 Å². The number of rotatable bonds is 13. The van der Waals surface area contributed by atoms with Crippen LogP contribution in [0.5, 0.6) is 0 Å². The Morgan fingerprint density at radius 2 is 0.886 bits per heavy atom. The lowest BCUT2D eigenvalue weighted by molar-refractivity contribution is 0.259. The van der Waals surface area contributed by atoms with Crippen molar-refractivity contribution in [3.05, 3.63) is 42.0 Å². The van der Waals surface area contributed by atoms with Crippen LogP contribution in [0.25, 0.3) is 6.08 Å². The molecule has 10 heteroatoms. The van der Waals surface area contributed by atoms with Crippen LogP contribution in [0, 0.1) is 0 Å². The third kappa shape index (κ3) is 9.56. The molecule has 3 nitrogen and oxygen atoms in total. The Morgan fingerprint density at radius 3 is 1.20 bits per heavy atom. The molecule has 0 spiro atoms. The summed E-state index contributed by atoms with van der Waals surface area (Å²) in [5.41, 5.74) is 1.24. The first-order valence-corrected chi connectivity index (χ1v) is 37.4. The van der Waals surface area contributed by atoms with Gasteiger partial charge in [0.25, 0.3) is 0 Å². The van der Waals surface area contributed by atoms with Crippen molar-refractivity contribution in [2.24, 2.45) is 0 Å². The van der Waals surface area contributed by atoms with Crippen molar-refractivity contribution in [1.29, 1.82) is 0 Å². The molecule has 0 aliphatic rings. The second-order valence-electron chi connectivity index (χ2n) is 14.6. The van der Waals surface area contributed by atoms with Crippen LogP contribution in [-0.2, 0) is 12.3 Å². The fourth-order valence-corrected chi connectivity index (χ4v) is 31.7. The topological polar surface area (TPSA) is 27.7 Å². The van der Waals surface area contributed by atoms with Crippen molar-refractivity contribution < 1.29 is 12.3 Å². The van der Waals surface area contributed by atoms with Crippen molar-refractivity contribution in [2.75, 3.05) is 0 Å². The molecule has 0 saturated heterocycles. The second kappa shape index (κ2) is 11.6. The summed E-state index contributed by atoms with van der Waals surface area (Å²) in [5.74, 6) is 0. The summed E-state index contributed by atoms with van der Waals surface area (Å²) in [7, 11) is -13.4. The van der Waals surface area contributed by atoms with Gasteiger partial charge < -0.3 is 12.3 Å². The molecule has 0 aliphatic carbocycles. The molecule has 202 valence electrons. The van der Waals surface area contributed by atoms with Crippen LogP contribution >= 0.6 is 0 Å². The SMILES string of the molecule is C[Si](C)(C)[Si](C)(C)O[Si](CCC=Cc1ccccc1)(O[Si](C)(C)[Si](C)(C)C)O[Si](C)(C)[Si](C)(C)C. The van der Waals surface area contributed by atoms with Gasteiger partial charge in [-0.25, -0.2) is 0 Å². The molecule has 0 aromatic heterocycles. The predicted octanol–water partition coefficient (Wildman–Crippen LogP) is 8.94. The van der Waals surface area contributed by atoms with E-state index in [1.807, 2.05) is 0 Å². The summed E-state index contributed by atoms with van der Waals surface area (Å²) in [4.78, 5) is 0. The molecule has 0 saturated carbocycles. The fraction of sp³-hybridized carbons (Fsp3) is 0.680. The molecule has 0 atom stereocenters. The average molecular weight is 601 g/mol. The number of benzene rings is 1. The minimum absolute atomic E-state index is 0.888. The molecule has 0 amide bonds. The highest BCUT2D eigenvalue weighted by Gasteiger charge is 2.58. The lowest BCUT2D eigenvalue weighted by atomic mass is 10.2. The van der Waals surface area contributed by atoms with Gasteiger partial charge in [-0.3, -0.25) is 0 Å². The van der Waals surface area contributed by atoms with Gasteiger partial charge in [0.1, 0.15) is 0 Å². The van der Waals surface area contributed by atoms with Gasteiger partial charge in [-0.2, -0.15) is 0 Å². The number of hydrogen-bond donors (Lipinski definition) is 0. The van der Waals surface area contributed by atoms with Crippen LogP contribution in [0.3, 0.4) is 0 Å². The largest absolute Gasteiger partial charge is 0.469 e.